The third-order valence-electron chi connectivity index (χ3n) is 2.20. The molecule has 1 heterocycles. The predicted molar refractivity (Wildman–Crippen MR) is 53.0 cm³/mol. The predicted octanol–water partition coefficient (Wildman–Crippen LogP) is 1.24. The molecule has 1 saturated heterocycles. The Hall–Kier alpha value is -2.13. The van der Waals surface area contributed by atoms with Crippen LogP contribution in [0, 0.1) is 21.4 Å². The zero-order chi connectivity index (χ0) is 11.5. The summed E-state index contributed by atoms with van der Waals surface area (Å²) in [6.07, 6.45) is -0.0486. The second-order valence-electron chi connectivity index (χ2n) is 3.33. The van der Waals surface area contributed by atoms with E-state index >= 15 is 0 Å². The van der Waals surface area contributed by atoms with Crippen LogP contribution >= 0.6 is 0 Å². The van der Waals surface area contributed by atoms with E-state index in [0.717, 1.165) is 0 Å². The van der Waals surface area contributed by atoms with Gasteiger partial charge < -0.3 is 9.47 Å². The summed E-state index contributed by atoms with van der Waals surface area (Å²) >= 11 is 0. The van der Waals surface area contributed by atoms with Gasteiger partial charge in [0.1, 0.15) is 23.5 Å². The number of nitrogens with zero attached hydrogens (tertiary/aromatic N) is 2. The molecule has 0 N–H and O–H groups in total. The van der Waals surface area contributed by atoms with E-state index < -0.39 is 4.92 Å². The standard InChI is InChI=1S/C10H8N2O4/c11-4-7-1-2-8(3-10(7)12(13)14)16-9-5-15-6-9/h1-3,9H,5-6H2. The summed E-state index contributed by atoms with van der Waals surface area (Å²) in [5.41, 5.74) is -0.206. The van der Waals surface area contributed by atoms with E-state index in [-0.39, 0.29) is 17.4 Å². The van der Waals surface area contributed by atoms with Gasteiger partial charge in [-0.05, 0) is 12.1 Å². The van der Waals surface area contributed by atoms with Gasteiger partial charge in [-0.2, -0.15) is 5.26 Å². The van der Waals surface area contributed by atoms with Crippen molar-refractivity contribution in [3.05, 3.63) is 33.9 Å². The zero-order valence-electron chi connectivity index (χ0n) is 8.25. The number of ether oxygens (including phenoxy) is 2. The fraction of sp³-hybridized carbons (Fsp3) is 0.300. The Kier molecular flexibility index (Phi) is 2.70. The monoisotopic (exact) mass is 220 g/mol. The molecule has 2 rings (SSSR count). The molecule has 1 fully saturated rings. The minimum absolute atomic E-state index is 0.0298. The van der Waals surface area contributed by atoms with E-state index in [2.05, 4.69) is 0 Å². The van der Waals surface area contributed by atoms with E-state index in [1.54, 1.807) is 12.1 Å². The summed E-state index contributed by atoms with van der Waals surface area (Å²) in [5.74, 6) is 0.388. The first-order valence-corrected chi connectivity index (χ1v) is 4.63. The molecule has 6 nitrogen and oxygen atoms in total. The third-order valence-corrected chi connectivity index (χ3v) is 2.20. The van der Waals surface area contributed by atoms with Gasteiger partial charge in [0.2, 0.25) is 0 Å². The van der Waals surface area contributed by atoms with Crippen LogP contribution in [0.5, 0.6) is 5.75 Å². The van der Waals surface area contributed by atoms with Gasteiger partial charge in [-0.15, -0.1) is 0 Å². The molecule has 0 aromatic heterocycles. The van der Waals surface area contributed by atoms with Crippen molar-refractivity contribution in [2.75, 3.05) is 13.2 Å². The summed E-state index contributed by atoms with van der Waals surface area (Å²) in [6, 6.07) is 5.95. The van der Waals surface area contributed by atoms with Crippen molar-refractivity contribution in [2.24, 2.45) is 0 Å². The van der Waals surface area contributed by atoms with E-state index in [9.17, 15) is 10.1 Å². The lowest BCUT2D eigenvalue weighted by atomic mass is 10.2. The Morgan fingerprint density at radius 3 is 2.81 bits per heavy atom. The number of nitro benzene ring substituents is 1. The van der Waals surface area contributed by atoms with Crippen LogP contribution in [0.2, 0.25) is 0 Å². The molecular formula is C10H8N2O4. The van der Waals surface area contributed by atoms with Gasteiger partial charge in [0.15, 0.2) is 0 Å². The lowest BCUT2D eigenvalue weighted by molar-refractivity contribution is -0.385. The second-order valence-corrected chi connectivity index (χ2v) is 3.33. The molecule has 16 heavy (non-hydrogen) atoms. The van der Waals surface area contributed by atoms with E-state index in [0.29, 0.717) is 19.0 Å². The van der Waals surface area contributed by atoms with Crippen LogP contribution < -0.4 is 4.74 Å². The maximum atomic E-state index is 10.7. The number of hydrogen-bond donors (Lipinski definition) is 0. The van der Waals surface area contributed by atoms with E-state index in [1.165, 1.54) is 12.1 Å². The zero-order valence-corrected chi connectivity index (χ0v) is 8.25. The minimum atomic E-state index is -0.595. The Bertz CT molecular complexity index is 462. The molecule has 0 saturated carbocycles. The van der Waals surface area contributed by atoms with E-state index in [4.69, 9.17) is 14.7 Å². The van der Waals surface area contributed by atoms with Crippen molar-refractivity contribution in [3.8, 4) is 11.8 Å². The number of rotatable bonds is 3. The highest BCUT2D eigenvalue weighted by molar-refractivity contribution is 5.52. The highest BCUT2D eigenvalue weighted by Gasteiger charge is 2.22. The highest BCUT2D eigenvalue weighted by Crippen LogP contribution is 2.25. The first kappa shape index (κ1) is 10.4. The van der Waals surface area contributed by atoms with Crippen LogP contribution in [0.3, 0.4) is 0 Å². The maximum Gasteiger partial charge on any atom is 0.290 e. The number of nitriles is 1. The molecule has 0 radical (unpaired) electrons. The summed E-state index contributed by atoms with van der Waals surface area (Å²) in [6.45, 7) is 0.988. The molecule has 0 bridgehead atoms. The van der Waals surface area contributed by atoms with Gasteiger partial charge in [-0.25, -0.2) is 0 Å². The van der Waals surface area contributed by atoms with Crippen LogP contribution in [0.4, 0.5) is 5.69 Å². The average Bonchev–Trinajstić information content (AvgIpc) is 2.23. The van der Waals surface area contributed by atoms with Gasteiger partial charge in [0.25, 0.3) is 5.69 Å². The molecule has 1 aliphatic rings. The summed E-state index contributed by atoms with van der Waals surface area (Å²) in [5, 5.41) is 19.4. The third kappa shape index (κ3) is 1.94. The van der Waals surface area contributed by atoms with Crippen LogP contribution in [0.1, 0.15) is 5.56 Å². The quantitative estimate of drug-likeness (QED) is 0.565. The largest absolute Gasteiger partial charge is 0.485 e. The molecular weight excluding hydrogens is 212 g/mol. The molecule has 6 heteroatoms. The second kappa shape index (κ2) is 4.16. The van der Waals surface area contributed by atoms with Gasteiger partial charge in [-0.3, -0.25) is 10.1 Å². The fourth-order valence-electron chi connectivity index (χ4n) is 1.30. The van der Waals surface area contributed by atoms with Crippen molar-refractivity contribution in [1.82, 2.24) is 0 Å². The van der Waals surface area contributed by atoms with Gasteiger partial charge in [0, 0.05) is 0 Å². The Labute approximate surface area is 91.2 Å². The molecule has 1 aromatic carbocycles. The van der Waals surface area contributed by atoms with Crippen LogP contribution in [-0.4, -0.2) is 24.2 Å². The van der Waals surface area contributed by atoms with Gasteiger partial charge in [0.05, 0.1) is 24.2 Å². The lowest BCUT2D eigenvalue weighted by Crippen LogP contribution is -2.38. The van der Waals surface area contributed by atoms with Gasteiger partial charge in [-0.1, -0.05) is 0 Å². The van der Waals surface area contributed by atoms with E-state index in [1.807, 2.05) is 0 Å². The molecule has 82 valence electrons. The highest BCUT2D eigenvalue weighted by atomic mass is 16.6. The molecule has 0 atom stereocenters. The van der Waals surface area contributed by atoms with Crippen molar-refractivity contribution < 1.29 is 14.4 Å². The Balaban J connectivity index is 2.24. The van der Waals surface area contributed by atoms with Crippen molar-refractivity contribution in [3.63, 3.8) is 0 Å². The molecule has 0 aliphatic carbocycles. The maximum absolute atomic E-state index is 10.7. The Morgan fingerprint density at radius 2 is 2.31 bits per heavy atom. The van der Waals surface area contributed by atoms with Crippen LogP contribution in [0.15, 0.2) is 18.2 Å². The SMILES string of the molecule is N#Cc1ccc(OC2COC2)cc1[N+](=O)[O-]. The average molecular weight is 220 g/mol. The molecule has 0 unspecified atom stereocenters. The molecule has 1 aliphatic heterocycles. The van der Waals surface area contributed by atoms with Crippen molar-refractivity contribution in [1.29, 1.82) is 5.26 Å². The summed E-state index contributed by atoms with van der Waals surface area (Å²) in [7, 11) is 0. The fourth-order valence-corrected chi connectivity index (χ4v) is 1.30. The van der Waals surface area contributed by atoms with Crippen LogP contribution in [0.25, 0.3) is 0 Å². The summed E-state index contributed by atoms with van der Waals surface area (Å²) < 4.78 is 10.3. The van der Waals surface area contributed by atoms with Gasteiger partial charge >= 0.3 is 0 Å². The number of hydrogen-bond acceptors (Lipinski definition) is 5. The molecule has 0 amide bonds. The summed E-state index contributed by atoms with van der Waals surface area (Å²) in [4.78, 5) is 10.1. The first-order chi connectivity index (χ1) is 7.70. The number of nitro groups is 1. The lowest BCUT2D eigenvalue weighted by Gasteiger charge is -2.26. The molecule has 0 spiro atoms. The first-order valence-electron chi connectivity index (χ1n) is 4.63. The van der Waals surface area contributed by atoms with Crippen molar-refractivity contribution in [2.45, 2.75) is 6.10 Å². The molecule has 1 aromatic rings. The Morgan fingerprint density at radius 1 is 1.56 bits per heavy atom. The van der Waals surface area contributed by atoms with Crippen molar-refractivity contribution >= 4 is 5.69 Å². The normalized spacial score (nSPS) is 14.9. The number of benzene rings is 1. The minimum Gasteiger partial charge on any atom is -0.485 e. The van der Waals surface area contributed by atoms with Crippen LogP contribution in [-0.2, 0) is 4.74 Å². The smallest absolute Gasteiger partial charge is 0.290 e. The topological polar surface area (TPSA) is 85.4 Å².